The fourth-order valence-corrected chi connectivity index (χ4v) is 4.73. The number of hydrogen-bond acceptors (Lipinski definition) is 5. The predicted octanol–water partition coefficient (Wildman–Crippen LogP) is 1.85. The number of nitro benzene ring substituents is 1. The highest BCUT2D eigenvalue weighted by atomic mass is 32.2. The standard InChI is InChI=1S/C16H16FN3O4S/c17-13-7-4-8-15(16(13)20(21)22)25(23,24)19-9-12(14(18)10-19)11-5-2-1-3-6-11/h1-8,12,14H,9-10,18H2/t12-,14+/m0/s1. The fraction of sp³-hybridized carbons (Fsp3) is 0.250. The van der Waals surface area contributed by atoms with Gasteiger partial charge in [-0.3, -0.25) is 10.1 Å². The van der Waals surface area contributed by atoms with Crippen molar-refractivity contribution in [3.63, 3.8) is 0 Å². The first-order valence-corrected chi connectivity index (χ1v) is 9.00. The molecule has 0 unspecified atom stereocenters. The molecule has 1 heterocycles. The van der Waals surface area contributed by atoms with Crippen LogP contribution in [0.5, 0.6) is 0 Å². The Bertz CT molecular complexity index is 905. The lowest BCUT2D eigenvalue weighted by atomic mass is 9.95. The van der Waals surface area contributed by atoms with Gasteiger partial charge in [0, 0.05) is 25.0 Å². The van der Waals surface area contributed by atoms with E-state index < -0.39 is 37.4 Å². The average molecular weight is 365 g/mol. The summed E-state index contributed by atoms with van der Waals surface area (Å²) in [5, 5.41) is 11.1. The van der Waals surface area contributed by atoms with Gasteiger partial charge in [-0.05, 0) is 17.7 Å². The van der Waals surface area contributed by atoms with Crippen LogP contribution in [0.2, 0.25) is 0 Å². The van der Waals surface area contributed by atoms with Crippen molar-refractivity contribution in [3.8, 4) is 0 Å². The first-order valence-electron chi connectivity index (χ1n) is 7.56. The third-order valence-corrected chi connectivity index (χ3v) is 6.17. The lowest BCUT2D eigenvalue weighted by Crippen LogP contribution is -2.32. The van der Waals surface area contributed by atoms with Crippen molar-refractivity contribution in [1.29, 1.82) is 0 Å². The Hall–Kier alpha value is -2.36. The van der Waals surface area contributed by atoms with Crippen molar-refractivity contribution in [3.05, 3.63) is 70.0 Å². The molecule has 0 bridgehead atoms. The predicted molar refractivity (Wildman–Crippen MR) is 89.0 cm³/mol. The molecular formula is C16H16FN3O4S. The summed E-state index contributed by atoms with van der Waals surface area (Å²) in [5.74, 6) is -1.42. The SMILES string of the molecule is N[C@@H]1CN(S(=O)(=O)c2cccc(F)c2[N+](=O)[O-])C[C@H]1c1ccccc1. The second kappa shape index (κ2) is 6.51. The summed E-state index contributed by atoms with van der Waals surface area (Å²) in [7, 11) is -4.24. The van der Waals surface area contributed by atoms with E-state index in [-0.39, 0.29) is 19.0 Å². The molecule has 7 nitrogen and oxygen atoms in total. The summed E-state index contributed by atoms with van der Waals surface area (Å²) in [6.07, 6.45) is 0. The Morgan fingerprint density at radius 1 is 1.12 bits per heavy atom. The number of halogens is 1. The van der Waals surface area contributed by atoms with Crippen LogP contribution in [0.4, 0.5) is 10.1 Å². The smallest absolute Gasteiger partial charge is 0.324 e. The quantitative estimate of drug-likeness (QED) is 0.657. The van der Waals surface area contributed by atoms with E-state index in [1.165, 1.54) is 0 Å². The minimum absolute atomic E-state index is 0.00949. The molecule has 25 heavy (non-hydrogen) atoms. The van der Waals surface area contributed by atoms with Gasteiger partial charge >= 0.3 is 5.69 Å². The number of sulfonamides is 1. The van der Waals surface area contributed by atoms with Crippen molar-refractivity contribution < 1.29 is 17.7 Å². The maximum atomic E-state index is 13.8. The first kappa shape index (κ1) is 17.5. The zero-order chi connectivity index (χ0) is 18.2. The third kappa shape index (κ3) is 3.13. The number of benzene rings is 2. The van der Waals surface area contributed by atoms with Crippen molar-refractivity contribution in [2.45, 2.75) is 16.9 Å². The molecule has 0 aliphatic carbocycles. The number of hydrogen-bond donors (Lipinski definition) is 1. The zero-order valence-corrected chi connectivity index (χ0v) is 13.9. The molecule has 1 aliphatic rings. The first-order chi connectivity index (χ1) is 11.8. The Kier molecular flexibility index (Phi) is 4.55. The third-order valence-electron chi connectivity index (χ3n) is 4.31. The van der Waals surface area contributed by atoms with E-state index in [1.807, 2.05) is 30.3 Å². The molecule has 1 saturated heterocycles. The maximum absolute atomic E-state index is 13.8. The lowest BCUT2D eigenvalue weighted by Gasteiger charge is -2.16. The van der Waals surface area contributed by atoms with E-state index in [4.69, 9.17) is 5.73 Å². The minimum atomic E-state index is -4.24. The van der Waals surface area contributed by atoms with Crippen molar-refractivity contribution in [1.82, 2.24) is 4.31 Å². The number of rotatable bonds is 4. The molecule has 1 fully saturated rings. The Labute approximate surface area is 144 Å². The molecule has 9 heteroatoms. The molecule has 1 aliphatic heterocycles. The molecule has 132 valence electrons. The molecule has 2 aromatic rings. The molecule has 2 atom stereocenters. The topological polar surface area (TPSA) is 107 Å². The Morgan fingerprint density at radius 3 is 2.44 bits per heavy atom. The van der Waals surface area contributed by atoms with Gasteiger partial charge in [0.15, 0.2) is 4.90 Å². The summed E-state index contributed by atoms with van der Waals surface area (Å²) < 4.78 is 40.5. The number of nitro groups is 1. The molecule has 2 aromatic carbocycles. The van der Waals surface area contributed by atoms with E-state index >= 15 is 0 Å². The van der Waals surface area contributed by atoms with Gasteiger partial charge in [-0.25, -0.2) is 8.42 Å². The highest BCUT2D eigenvalue weighted by Gasteiger charge is 2.41. The van der Waals surface area contributed by atoms with E-state index in [9.17, 15) is 22.9 Å². The average Bonchev–Trinajstić information content (AvgIpc) is 2.97. The number of nitrogens with two attached hydrogens (primary N) is 1. The van der Waals surface area contributed by atoms with Gasteiger partial charge in [0.2, 0.25) is 15.8 Å². The van der Waals surface area contributed by atoms with Crippen LogP contribution in [-0.4, -0.2) is 36.8 Å². The van der Waals surface area contributed by atoms with Crippen LogP contribution in [0.15, 0.2) is 53.4 Å². The number of nitrogens with zero attached hydrogens (tertiary/aromatic N) is 2. The normalized spacial score (nSPS) is 21.4. The van der Waals surface area contributed by atoms with Gasteiger partial charge in [0.25, 0.3) is 0 Å². The highest BCUT2D eigenvalue weighted by molar-refractivity contribution is 7.89. The van der Waals surface area contributed by atoms with Gasteiger partial charge in [-0.2, -0.15) is 8.70 Å². The number of para-hydroxylation sites is 1. The summed E-state index contributed by atoms with van der Waals surface area (Å²) in [5.41, 5.74) is 5.94. The molecule has 0 amide bonds. The molecular weight excluding hydrogens is 349 g/mol. The largest absolute Gasteiger partial charge is 0.326 e. The summed E-state index contributed by atoms with van der Waals surface area (Å²) in [6, 6.07) is 11.8. The van der Waals surface area contributed by atoms with E-state index in [2.05, 4.69) is 0 Å². The second-order valence-electron chi connectivity index (χ2n) is 5.85. The van der Waals surface area contributed by atoms with Crippen LogP contribution in [0, 0.1) is 15.9 Å². The van der Waals surface area contributed by atoms with Crippen LogP contribution in [0.1, 0.15) is 11.5 Å². The molecule has 3 rings (SSSR count). The molecule has 2 N–H and O–H groups in total. The van der Waals surface area contributed by atoms with Crippen molar-refractivity contribution in [2.24, 2.45) is 5.73 Å². The summed E-state index contributed by atoms with van der Waals surface area (Å²) in [4.78, 5) is 9.44. The lowest BCUT2D eigenvalue weighted by molar-refractivity contribution is -0.390. The van der Waals surface area contributed by atoms with Crippen LogP contribution < -0.4 is 5.73 Å². The fourth-order valence-electron chi connectivity index (χ4n) is 3.06. The molecule has 0 aromatic heterocycles. The van der Waals surface area contributed by atoms with Crippen LogP contribution >= 0.6 is 0 Å². The molecule has 0 spiro atoms. The van der Waals surface area contributed by atoms with E-state index in [0.717, 1.165) is 28.1 Å². The monoisotopic (exact) mass is 365 g/mol. The van der Waals surface area contributed by atoms with Crippen LogP contribution in [-0.2, 0) is 10.0 Å². The Balaban J connectivity index is 1.98. The van der Waals surface area contributed by atoms with Crippen LogP contribution in [0.3, 0.4) is 0 Å². The van der Waals surface area contributed by atoms with Gasteiger partial charge in [0.1, 0.15) is 0 Å². The van der Waals surface area contributed by atoms with Crippen molar-refractivity contribution >= 4 is 15.7 Å². The van der Waals surface area contributed by atoms with Gasteiger partial charge in [-0.15, -0.1) is 0 Å². The van der Waals surface area contributed by atoms with Gasteiger partial charge in [0.05, 0.1) is 4.92 Å². The van der Waals surface area contributed by atoms with E-state index in [1.54, 1.807) is 0 Å². The maximum Gasteiger partial charge on any atom is 0.324 e. The van der Waals surface area contributed by atoms with Crippen LogP contribution in [0.25, 0.3) is 0 Å². The second-order valence-corrected chi connectivity index (χ2v) is 7.75. The summed E-state index contributed by atoms with van der Waals surface area (Å²) in [6.45, 7) is 0.0940. The highest BCUT2D eigenvalue weighted by Crippen LogP contribution is 2.34. The zero-order valence-electron chi connectivity index (χ0n) is 13.1. The van der Waals surface area contributed by atoms with E-state index in [0.29, 0.717) is 0 Å². The minimum Gasteiger partial charge on any atom is -0.326 e. The van der Waals surface area contributed by atoms with Gasteiger partial charge < -0.3 is 5.73 Å². The summed E-state index contributed by atoms with van der Waals surface area (Å²) >= 11 is 0. The Morgan fingerprint density at radius 2 is 1.80 bits per heavy atom. The van der Waals surface area contributed by atoms with Crippen molar-refractivity contribution in [2.75, 3.05) is 13.1 Å². The van der Waals surface area contributed by atoms with Gasteiger partial charge in [-0.1, -0.05) is 36.4 Å². The molecule has 0 saturated carbocycles. The molecule has 0 radical (unpaired) electrons.